The maximum absolute atomic E-state index is 13.1. The normalized spacial score (nSPS) is 22.2. The molecule has 0 aromatic heterocycles. The molecule has 16 heteroatoms. The van der Waals surface area contributed by atoms with Gasteiger partial charge in [-0.25, -0.2) is 0 Å². The average molecular weight is 1370 g/mol. The fraction of sp³-hybridized carbons (Fsp3) is 0.338. The summed E-state index contributed by atoms with van der Waals surface area (Å²) in [5.74, 6) is 4.30. The minimum absolute atomic E-state index is 0.121. The number of carbonyl (C=O) groups excluding carboxylic acids is 6. The Hall–Kier alpha value is -7.36. The van der Waals surface area contributed by atoms with Gasteiger partial charge < -0.3 is 38.4 Å². The lowest BCUT2D eigenvalue weighted by molar-refractivity contribution is -0.191. The molecule has 0 radical (unpaired) electrons. The van der Waals surface area contributed by atoms with Crippen LogP contribution in [0.4, 0.5) is 17.1 Å². The lowest BCUT2D eigenvalue weighted by Gasteiger charge is -2.22. The van der Waals surface area contributed by atoms with Crippen molar-refractivity contribution in [1.29, 1.82) is 0 Å². The summed E-state index contributed by atoms with van der Waals surface area (Å²) in [5, 5.41) is 0. The Bertz CT molecular complexity index is 3430. The highest BCUT2D eigenvalue weighted by molar-refractivity contribution is 9.11. The number of fused-ring (bicyclic) bond motifs is 4. The molecule has 4 atom stereocenters. The van der Waals surface area contributed by atoms with E-state index in [4.69, 9.17) is 28.5 Å². The summed E-state index contributed by atoms with van der Waals surface area (Å²) in [6.45, 7) is 4.57. The zero-order chi connectivity index (χ0) is 61.7. The van der Waals surface area contributed by atoms with Crippen molar-refractivity contribution in [2.24, 2.45) is 21.7 Å². The molecule has 3 spiro atoms. The number of carbonyl (C=O) groups is 4. The molecule has 4 unspecified atom stereocenters. The fourth-order valence-corrected chi connectivity index (χ4v) is 14.8. The van der Waals surface area contributed by atoms with E-state index < -0.39 is 0 Å². The Morgan fingerprint density at radius 1 is 0.402 bits per heavy atom. The van der Waals surface area contributed by atoms with E-state index in [0.717, 1.165) is 150 Å². The van der Waals surface area contributed by atoms with Crippen LogP contribution in [0, 0.1) is 21.7 Å². The van der Waals surface area contributed by atoms with Crippen molar-refractivity contribution in [2.75, 3.05) is 62.8 Å². The van der Waals surface area contributed by atoms with Crippen LogP contribution in [0.15, 0.2) is 159 Å². The Labute approximate surface area is 534 Å². The summed E-state index contributed by atoms with van der Waals surface area (Å²) in [6, 6.07) is 48.7. The minimum Gasteiger partial charge on any atom is -0.497 e. The van der Waals surface area contributed by atoms with Gasteiger partial charge in [-0.1, -0.05) is 79.0 Å². The van der Waals surface area contributed by atoms with Gasteiger partial charge in [-0.15, -0.1) is 0 Å². The number of amides is 3. The van der Waals surface area contributed by atoms with Crippen LogP contribution in [0.3, 0.4) is 0 Å². The SMILES string of the molecule is COc1ccc2c(c1)CC(C)(CC=O)C2.COc1ccc2c(c1)CC1(CCN(c3ccc(Br)cc3)C1=O)C2.COc1ccc2c(c1)CC1(CCN(c3ccc(Br)cc3)C1=O)C2.COc1ccc2c(c1)CC1(CCN(c3ccc(Br)cc3)C1=O)C2.O=C=O. The molecule has 3 aliphatic heterocycles. The highest BCUT2D eigenvalue weighted by Gasteiger charge is 2.53. The standard InChI is InChI=1S/3C19H18BrNO2.C13H16O2.CO2/c3*1-23-17-7-2-13-11-19(12-14(13)10-17)8-9-21(18(19)22)16-5-3-15(20)4-6-16;1-13(5-6-14)8-10-3-4-12(15-2)7-11(10)9-13;2-1-3/h3*2-7,10H,8-9,11-12H2,1H3;3-4,6-7H,5,8-9H2,1-2H3;. The lowest BCUT2D eigenvalue weighted by Crippen LogP contribution is -2.35. The fourth-order valence-electron chi connectivity index (χ4n) is 14.0. The summed E-state index contributed by atoms with van der Waals surface area (Å²) in [4.78, 5) is 72.0. The highest BCUT2D eigenvalue weighted by atomic mass is 79.9. The van der Waals surface area contributed by atoms with Crippen LogP contribution in [0.1, 0.15) is 77.1 Å². The number of nitrogens with zero attached hydrogens (tertiary/aromatic N) is 3. The molecule has 0 N–H and O–H groups in total. The molecule has 3 amide bonds. The van der Waals surface area contributed by atoms with Gasteiger partial charge in [-0.3, -0.25) is 14.4 Å². The van der Waals surface area contributed by atoms with Gasteiger partial charge in [0.1, 0.15) is 29.3 Å². The molecule has 87 heavy (non-hydrogen) atoms. The number of hydrogen-bond donors (Lipinski definition) is 0. The highest BCUT2D eigenvalue weighted by Crippen LogP contribution is 2.50. The van der Waals surface area contributed by atoms with Gasteiger partial charge in [-0.2, -0.15) is 9.59 Å². The van der Waals surface area contributed by atoms with Crippen LogP contribution < -0.4 is 33.6 Å². The van der Waals surface area contributed by atoms with E-state index in [2.05, 4.69) is 103 Å². The molecule has 14 rings (SSSR count). The van der Waals surface area contributed by atoms with Crippen LogP contribution in [0.25, 0.3) is 0 Å². The average Bonchev–Trinajstić information content (AvgIpc) is 1.66. The molecule has 3 heterocycles. The third-order valence-corrected chi connectivity index (χ3v) is 20.2. The Morgan fingerprint density at radius 2 is 0.644 bits per heavy atom. The number of halogens is 3. The van der Waals surface area contributed by atoms with E-state index in [1.807, 2.05) is 112 Å². The van der Waals surface area contributed by atoms with E-state index in [9.17, 15) is 19.2 Å². The van der Waals surface area contributed by atoms with Crippen molar-refractivity contribution in [3.63, 3.8) is 0 Å². The van der Waals surface area contributed by atoms with Gasteiger partial charge in [0.2, 0.25) is 17.7 Å². The molecular formula is C71H70Br3N3O10. The molecule has 4 aliphatic carbocycles. The van der Waals surface area contributed by atoms with Crippen LogP contribution in [-0.2, 0) is 80.1 Å². The third-order valence-electron chi connectivity index (χ3n) is 18.6. The van der Waals surface area contributed by atoms with Crippen LogP contribution in [0.2, 0.25) is 0 Å². The smallest absolute Gasteiger partial charge is 0.373 e. The number of rotatable bonds is 9. The predicted octanol–water partition coefficient (Wildman–Crippen LogP) is 13.7. The Kier molecular flexibility index (Phi) is 19.1. The van der Waals surface area contributed by atoms with Gasteiger partial charge in [0, 0.05) is 56.5 Å². The molecule has 7 aromatic rings. The molecule has 3 fully saturated rings. The lowest BCUT2D eigenvalue weighted by atomic mass is 9.83. The van der Waals surface area contributed by atoms with Crippen molar-refractivity contribution >= 4 is 95.0 Å². The first kappa shape index (κ1) is 62.7. The molecule has 7 aromatic carbocycles. The van der Waals surface area contributed by atoms with Crippen molar-refractivity contribution in [3.8, 4) is 23.0 Å². The van der Waals surface area contributed by atoms with E-state index >= 15 is 0 Å². The van der Waals surface area contributed by atoms with Crippen LogP contribution in [-0.4, -0.2) is 78.2 Å². The second-order valence-electron chi connectivity index (χ2n) is 24.1. The second-order valence-corrected chi connectivity index (χ2v) is 26.9. The minimum atomic E-state index is -0.262. The summed E-state index contributed by atoms with van der Waals surface area (Å²) < 4.78 is 24.2. The third kappa shape index (κ3) is 13.3. The van der Waals surface area contributed by atoms with Crippen molar-refractivity contribution in [1.82, 2.24) is 0 Å². The van der Waals surface area contributed by atoms with E-state index in [0.29, 0.717) is 6.42 Å². The molecular weight excluding hydrogens is 1290 g/mol. The number of anilines is 3. The Balaban J connectivity index is 0.000000128. The molecule has 13 nitrogen and oxygen atoms in total. The topological polar surface area (TPSA) is 149 Å². The monoisotopic (exact) mass is 1360 g/mol. The zero-order valence-electron chi connectivity index (χ0n) is 49.6. The number of aldehydes is 1. The largest absolute Gasteiger partial charge is 0.497 e. The van der Waals surface area contributed by atoms with E-state index in [1.165, 1.54) is 44.5 Å². The zero-order valence-corrected chi connectivity index (χ0v) is 54.4. The number of methoxy groups -OCH3 is 4. The predicted molar refractivity (Wildman–Crippen MR) is 346 cm³/mol. The summed E-state index contributed by atoms with van der Waals surface area (Å²) in [5.41, 5.74) is 12.6. The molecule has 450 valence electrons. The van der Waals surface area contributed by atoms with Crippen LogP contribution in [0.5, 0.6) is 23.0 Å². The molecule has 3 saturated heterocycles. The van der Waals surface area contributed by atoms with Gasteiger partial charge in [-0.05, 0) is 242 Å². The summed E-state index contributed by atoms with van der Waals surface area (Å²) in [6.07, 6.45) is 11.7. The number of ether oxygens (including phenoxy) is 4. The number of hydrogen-bond acceptors (Lipinski definition) is 10. The van der Waals surface area contributed by atoms with Crippen LogP contribution >= 0.6 is 47.8 Å². The molecule has 0 saturated carbocycles. The van der Waals surface area contributed by atoms with Gasteiger partial charge in [0.15, 0.2) is 0 Å². The summed E-state index contributed by atoms with van der Waals surface area (Å²) >= 11 is 10.3. The van der Waals surface area contributed by atoms with E-state index in [1.54, 1.807) is 28.4 Å². The quantitative estimate of drug-likeness (QED) is 0.128. The maximum atomic E-state index is 13.1. The first-order chi connectivity index (χ1) is 41.9. The van der Waals surface area contributed by atoms with Gasteiger partial charge >= 0.3 is 6.15 Å². The van der Waals surface area contributed by atoms with Crippen molar-refractivity contribution in [3.05, 3.63) is 204 Å². The van der Waals surface area contributed by atoms with Crippen molar-refractivity contribution in [2.45, 2.75) is 84.0 Å². The number of benzene rings is 7. The molecule has 0 bridgehead atoms. The second kappa shape index (κ2) is 26.5. The summed E-state index contributed by atoms with van der Waals surface area (Å²) in [7, 11) is 6.73. The van der Waals surface area contributed by atoms with E-state index in [-0.39, 0.29) is 45.5 Å². The first-order valence-corrected chi connectivity index (χ1v) is 31.6. The van der Waals surface area contributed by atoms with Crippen molar-refractivity contribution < 1.29 is 47.7 Å². The first-order valence-electron chi connectivity index (χ1n) is 29.2. The maximum Gasteiger partial charge on any atom is 0.373 e. The van der Waals surface area contributed by atoms with Gasteiger partial charge in [0.05, 0.1) is 44.7 Å². The Morgan fingerprint density at radius 3 is 0.908 bits per heavy atom. The van der Waals surface area contributed by atoms with Gasteiger partial charge in [0.25, 0.3) is 0 Å². The molecule has 7 aliphatic rings.